The van der Waals surface area contributed by atoms with E-state index in [1.54, 1.807) is 0 Å². The normalized spacial score (nSPS) is 12.6. The number of halogens is 3. The highest BCUT2D eigenvalue weighted by Crippen LogP contribution is 2.18. The Labute approximate surface area is 45.0 Å². The Morgan fingerprint density at radius 1 is 1.43 bits per heavy atom. The number of hydrogen-bond acceptors (Lipinski definition) is 2. The van der Waals surface area contributed by atoms with Crippen LogP contribution in [0.25, 0.3) is 0 Å². The Hall–Kier alpha value is 0.1000. The maximum Gasteiger partial charge on any atom is 0.420 e. The maximum absolute atomic E-state index is 11.0. The zero-order valence-corrected chi connectivity index (χ0v) is 4.55. The van der Waals surface area contributed by atoms with E-state index in [2.05, 4.69) is 11.6 Å². The van der Waals surface area contributed by atoms with E-state index in [1.807, 2.05) is 0 Å². The second-order valence-corrected chi connectivity index (χ2v) is 2.54. The number of thiol groups is 1. The largest absolute Gasteiger partial charge is 0.420 e. The van der Waals surface area contributed by atoms with Gasteiger partial charge in [-0.2, -0.15) is 8.78 Å². The van der Waals surface area contributed by atoms with Gasteiger partial charge >= 0.3 is 4.71 Å². The summed E-state index contributed by atoms with van der Waals surface area (Å²) in [5, 5.41) is 0. The molecule has 0 aliphatic carbocycles. The van der Waals surface area contributed by atoms with Gasteiger partial charge in [0.25, 0.3) is 0 Å². The van der Waals surface area contributed by atoms with Crippen molar-refractivity contribution in [2.24, 2.45) is 0 Å². The van der Waals surface area contributed by atoms with Gasteiger partial charge in [0.15, 0.2) is 0 Å². The molecule has 0 atom stereocenters. The van der Waals surface area contributed by atoms with Crippen molar-refractivity contribution in [1.82, 2.24) is 0 Å². The van der Waals surface area contributed by atoms with Gasteiger partial charge in [0.05, 0.1) is 0 Å². The molecule has 0 aliphatic heterocycles. The molecule has 0 N–H and O–H groups in total. The first-order valence-corrected chi connectivity index (χ1v) is 2.71. The van der Waals surface area contributed by atoms with Crippen LogP contribution in [0.5, 0.6) is 0 Å². The van der Waals surface area contributed by atoms with Gasteiger partial charge in [0.2, 0.25) is 10.7 Å². The molecular weight excluding hydrogens is 150 g/mol. The van der Waals surface area contributed by atoms with Crippen LogP contribution in [-0.2, 0) is 10.7 Å². The number of hydrogen-bond donors (Lipinski definition) is 1. The predicted molar refractivity (Wildman–Crippen MR) is 21.1 cm³/mol. The second kappa shape index (κ2) is 1.92. The zero-order chi connectivity index (χ0) is 6.08. The number of rotatable bonds is 1. The van der Waals surface area contributed by atoms with Gasteiger partial charge in [0, 0.05) is 0 Å². The van der Waals surface area contributed by atoms with Crippen molar-refractivity contribution in [2.75, 3.05) is 0 Å². The van der Waals surface area contributed by atoms with Crippen molar-refractivity contribution in [2.45, 2.75) is 4.71 Å². The Balaban J connectivity index is 4.08. The molecular formula is CHClF2O2S. The molecule has 0 heterocycles. The molecule has 0 spiro atoms. The van der Waals surface area contributed by atoms with Gasteiger partial charge in [-0.3, -0.25) is 0 Å². The Morgan fingerprint density at radius 2 is 1.57 bits per heavy atom. The van der Waals surface area contributed by atoms with Crippen LogP contribution in [0, 0.1) is 0 Å². The fraction of sp³-hybridized carbons (Fsp3) is 1.00. The molecule has 7 heavy (non-hydrogen) atoms. The topological polar surface area (TPSA) is 34.1 Å². The van der Waals surface area contributed by atoms with Crippen molar-refractivity contribution in [3.05, 3.63) is 0 Å². The first kappa shape index (κ1) is 7.10. The van der Waals surface area contributed by atoms with Crippen LogP contribution in [0.3, 0.4) is 0 Å². The van der Waals surface area contributed by atoms with Crippen molar-refractivity contribution >= 4 is 22.3 Å². The summed E-state index contributed by atoms with van der Waals surface area (Å²) in [6.07, 6.45) is 0. The maximum atomic E-state index is 11.0. The smallest absolute Gasteiger partial charge is 0.224 e. The molecule has 0 aliphatic rings. The first-order chi connectivity index (χ1) is 2.94. The Bertz CT molecular complexity index is 116. The van der Waals surface area contributed by atoms with Crippen LogP contribution in [0.4, 0.5) is 8.78 Å². The standard InChI is InChI=1S/CHClF2O2S/c2-1(3,4)7(5)6/h7H. The zero-order valence-electron chi connectivity index (χ0n) is 2.90. The molecule has 0 radical (unpaired) electrons. The quantitative estimate of drug-likeness (QED) is 0.433. The molecule has 0 bridgehead atoms. The van der Waals surface area contributed by atoms with E-state index in [4.69, 9.17) is 0 Å². The van der Waals surface area contributed by atoms with Crippen LogP contribution >= 0.6 is 11.6 Å². The SMILES string of the molecule is O=[SH](=O)C(F)(F)Cl. The molecule has 2 nitrogen and oxygen atoms in total. The van der Waals surface area contributed by atoms with Crippen LogP contribution < -0.4 is 0 Å². The monoisotopic (exact) mass is 150 g/mol. The van der Waals surface area contributed by atoms with Gasteiger partial charge < -0.3 is 0 Å². The van der Waals surface area contributed by atoms with E-state index in [0.29, 0.717) is 0 Å². The van der Waals surface area contributed by atoms with Gasteiger partial charge in [-0.1, -0.05) is 0 Å². The van der Waals surface area contributed by atoms with E-state index in [1.165, 1.54) is 0 Å². The molecule has 0 saturated carbocycles. The molecule has 0 aromatic carbocycles. The van der Waals surface area contributed by atoms with Crippen LogP contribution in [0.1, 0.15) is 0 Å². The lowest BCUT2D eigenvalue weighted by Crippen LogP contribution is -2.05. The second-order valence-electron chi connectivity index (χ2n) is 0.725. The third-order valence-corrected chi connectivity index (χ3v) is 1.04. The fourth-order valence-corrected chi connectivity index (χ4v) is 0. The van der Waals surface area contributed by atoms with Crippen LogP contribution in [-0.4, -0.2) is 13.1 Å². The summed E-state index contributed by atoms with van der Waals surface area (Å²) in [6, 6.07) is 0. The van der Waals surface area contributed by atoms with Gasteiger partial charge in [0.1, 0.15) is 0 Å². The minimum atomic E-state index is -4.07. The van der Waals surface area contributed by atoms with Crippen molar-refractivity contribution in [3.8, 4) is 0 Å². The summed E-state index contributed by atoms with van der Waals surface area (Å²) in [5.41, 5.74) is 0. The van der Waals surface area contributed by atoms with E-state index >= 15 is 0 Å². The van der Waals surface area contributed by atoms with E-state index < -0.39 is 15.4 Å². The molecule has 44 valence electrons. The van der Waals surface area contributed by atoms with Crippen LogP contribution in [0.2, 0.25) is 0 Å². The predicted octanol–water partition coefficient (Wildman–Crippen LogP) is 0.387. The molecule has 0 aromatic heterocycles. The minimum Gasteiger partial charge on any atom is -0.224 e. The lowest BCUT2D eigenvalue weighted by Gasteiger charge is -1.91. The lowest BCUT2D eigenvalue weighted by molar-refractivity contribution is 0.192. The summed E-state index contributed by atoms with van der Waals surface area (Å²) in [4.78, 5) is 0. The lowest BCUT2D eigenvalue weighted by atomic mass is 11.6. The third-order valence-electron chi connectivity index (χ3n) is 0.207. The Kier molecular flexibility index (Phi) is 1.94. The average Bonchev–Trinajstić information content (AvgIpc) is 1.31. The molecule has 0 fully saturated rings. The minimum absolute atomic E-state index is 3.81. The molecule has 0 aromatic rings. The van der Waals surface area contributed by atoms with Crippen LogP contribution in [0.15, 0.2) is 0 Å². The van der Waals surface area contributed by atoms with Crippen molar-refractivity contribution in [1.29, 1.82) is 0 Å². The van der Waals surface area contributed by atoms with Gasteiger partial charge in [-0.15, -0.1) is 0 Å². The highest BCUT2D eigenvalue weighted by Gasteiger charge is 2.28. The van der Waals surface area contributed by atoms with Crippen molar-refractivity contribution < 1.29 is 17.2 Å². The summed E-state index contributed by atoms with van der Waals surface area (Å²) in [7, 11) is -3.81. The third kappa shape index (κ3) is 2.76. The highest BCUT2D eigenvalue weighted by atomic mass is 35.5. The van der Waals surface area contributed by atoms with E-state index in [-0.39, 0.29) is 0 Å². The van der Waals surface area contributed by atoms with Crippen molar-refractivity contribution in [3.63, 3.8) is 0 Å². The van der Waals surface area contributed by atoms with E-state index in [9.17, 15) is 17.2 Å². The van der Waals surface area contributed by atoms with Gasteiger partial charge in [-0.05, 0) is 11.6 Å². The summed E-state index contributed by atoms with van der Waals surface area (Å²) in [5.74, 6) is 0. The fourth-order valence-electron chi connectivity index (χ4n) is 0. The van der Waals surface area contributed by atoms with E-state index in [0.717, 1.165) is 0 Å². The molecule has 6 heteroatoms. The number of alkyl halides is 3. The summed E-state index contributed by atoms with van der Waals surface area (Å²) >= 11 is 3.94. The first-order valence-electron chi connectivity index (χ1n) is 1.16. The van der Waals surface area contributed by atoms with Gasteiger partial charge in [-0.25, -0.2) is 8.42 Å². The molecule has 0 unspecified atom stereocenters. The molecule has 0 rings (SSSR count). The Morgan fingerprint density at radius 3 is 1.57 bits per heavy atom. The summed E-state index contributed by atoms with van der Waals surface area (Å²) < 4.78 is 36.3. The summed E-state index contributed by atoms with van der Waals surface area (Å²) in [6.45, 7) is 0. The highest BCUT2D eigenvalue weighted by molar-refractivity contribution is 7.75. The molecule has 0 amide bonds. The molecule has 0 saturated heterocycles. The average molecular weight is 151 g/mol.